The molecule has 3 aromatic heterocycles. The maximum absolute atomic E-state index is 12.4. The molecule has 0 aliphatic heterocycles. The van der Waals surface area contributed by atoms with E-state index in [0.29, 0.717) is 39.6 Å². The van der Waals surface area contributed by atoms with Crippen LogP contribution in [0.5, 0.6) is 11.5 Å². The average molecular weight is 431 g/mol. The van der Waals surface area contributed by atoms with E-state index in [9.17, 15) is 4.79 Å². The zero-order valence-electron chi connectivity index (χ0n) is 16.2. The van der Waals surface area contributed by atoms with Crippen LogP contribution in [-0.4, -0.2) is 34.4 Å². The highest BCUT2D eigenvalue weighted by Gasteiger charge is 2.15. The molecule has 4 aromatic rings. The lowest BCUT2D eigenvalue weighted by molar-refractivity contribution is 0.355. The van der Waals surface area contributed by atoms with Crippen LogP contribution in [0.4, 0.5) is 0 Å². The first-order valence-electron chi connectivity index (χ1n) is 8.67. The Morgan fingerprint density at radius 2 is 1.97 bits per heavy atom. The molecule has 0 saturated heterocycles. The number of aromatic nitrogens is 4. The standard InChI is InChI=1S/C19H18N4O4S2/c1-9-10(2)29-18-15(9)16(24)20-14(21-18)8-28-19-23-22-17(27-19)11-5-6-12(25-3)13(7-11)26-4/h5-7H,8H2,1-4H3,(H,20,21,24). The van der Waals surface area contributed by atoms with E-state index in [-0.39, 0.29) is 5.56 Å². The largest absolute Gasteiger partial charge is 0.493 e. The van der Waals surface area contributed by atoms with Gasteiger partial charge in [0.05, 0.1) is 25.4 Å². The second-order valence-electron chi connectivity index (χ2n) is 6.21. The average Bonchev–Trinajstić information content (AvgIpc) is 3.30. The topological polar surface area (TPSA) is 103 Å². The molecule has 150 valence electrons. The van der Waals surface area contributed by atoms with Gasteiger partial charge in [-0.25, -0.2) is 4.98 Å². The van der Waals surface area contributed by atoms with Crippen molar-refractivity contribution in [2.24, 2.45) is 0 Å². The van der Waals surface area contributed by atoms with Crippen molar-refractivity contribution >= 4 is 33.3 Å². The number of aryl methyl sites for hydroxylation is 2. The normalized spacial score (nSPS) is 11.2. The predicted molar refractivity (Wildman–Crippen MR) is 112 cm³/mol. The van der Waals surface area contributed by atoms with Crippen LogP contribution in [-0.2, 0) is 5.75 Å². The first kappa shape index (κ1) is 19.5. The summed E-state index contributed by atoms with van der Waals surface area (Å²) in [5.41, 5.74) is 1.58. The maximum atomic E-state index is 12.4. The molecule has 4 rings (SSSR count). The van der Waals surface area contributed by atoms with Gasteiger partial charge in [0.2, 0.25) is 5.89 Å². The second kappa shape index (κ2) is 7.88. The van der Waals surface area contributed by atoms with Crippen LogP contribution in [0.1, 0.15) is 16.3 Å². The van der Waals surface area contributed by atoms with Gasteiger partial charge in [-0.1, -0.05) is 11.8 Å². The number of thioether (sulfide) groups is 1. The SMILES string of the molecule is COc1ccc(-c2nnc(SCc3nc4sc(C)c(C)c4c(=O)[nH]3)o2)cc1OC. The number of aromatic amines is 1. The van der Waals surface area contributed by atoms with E-state index in [0.717, 1.165) is 20.8 Å². The fourth-order valence-electron chi connectivity index (χ4n) is 2.85. The summed E-state index contributed by atoms with van der Waals surface area (Å²) in [5.74, 6) is 2.55. The van der Waals surface area contributed by atoms with Crippen LogP contribution >= 0.6 is 23.1 Å². The second-order valence-corrected chi connectivity index (χ2v) is 8.34. The molecular formula is C19H18N4O4S2. The molecule has 8 nitrogen and oxygen atoms in total. The van der Waals surface area contributed by atoms with Crippen molar-refractivity contribution in [1.29, 1.82) is 0 Å². The zero-order chi connectivity index (χ0) is 20.5. The van der Waals surface area contributed by atoms with Gasteiger partial charge >= 0.3 is 0 Å². The third-order valence-electron chi connectivity index (χ3n) is 4.46. The highest BCUT2D eigenvalue weighted by atomic mass is 32.2. The summed E-state index contributed by atoms with van der Waals surface area (Å²) in [6, 6.07) is 5.37. The number of hydrogen-bond acceptors (Lipinski definition) is 9. The van der Waals surface area contributed by atoms with E-state index in [1.807, 2.05) is 19.9 Å². The van der Waals surface area contributed by atoms with Crippen LogP contribution in [0.2, 0.25) is 0 Å². The van der Waals surface area contributed by atoms with Crippen molar-refractivity contribution < 1.29 is 13.9 Å². The summed E-state index contributed by atoms with van der Waals surface area (Å²) in [6.45, 7) is 3.93. The Morgan fingerprint density at radius 3 is 2.72 bits per heavy atom. The van der Waals surface area contributed by atoms with Gasteiger partial charge in [-0.2, -0.15) is 0 Å². The van der Waals surface area contributed by atoms with E-state index < -0.39 is 0 Å². The Kier molecular flexibility index (Phi) is 5.29. The van der Waals surface area contributed by atoms with Crippen molar-refractivity contribution in [3.63, 3.8) is 0 Å². The van der Waals surface area contributed by atoms with Gasteiger partial charge in [-0.15, -0.1) is 21.5 Å². The molecule has 10 heteroatoms. The number of H-pyrrole nitrogens is 1. The Morgan fingerprint density at radius 1 is 1.17 bits per heavy atom. The molecule has 0 fully saturated rings. The van der Waals surface area contributed by atoms with E-state index in [4.69, 9.17) is 13.9 Å². The molecule has 0 unspecified atom stereocenters. The van der Waals surface area contributed by atoms with E-state index in [2.05, 4.69) is 20.2 Å². The minimum absolute atomic E-state index is 0.121. The number of hydrogen-bond donors (Lipinski definition) is 1. The van der Waals surface area contributed by atoms with Crippen LogP contribution in [0.3, 0.4) is 0 Å². The van der Waals surface area contributed by atoms with E-state index >= 15 is 0 Å². The minimum Gasteiger partial charge on any atom is -0.493 e. The molecule has 0 aliphatic carbocycles. The highest BCUT2D eigenvalue weighted by Crippen LogP contribution is 2.33. The summed E-state index contributed by atoms with van der Waals surface area (Å²) in [5, 5.41) is 9.20. The molecule has 29 heavy (non-hydrogen) atoms. The molecule has 0 spiro atoms. The van der Waals surface area contributed by atoms with Gasteiger partial charge in [-0.05, 0) is 37.6 Å². The molecule has 0 aliphatic rings. The first-order chi connectivity index (χ1) is 14.0. The molecule has 0 saturated carbocycles. The number of nitrogens with zero attached hydrogens (tertiary/aromatic N) is 3. The fourth-order valence-corrected chi connectivity index (χ4v) is 4.53. The molecule has 0 amide bonds. The van der Waals surface area contributed by atoms with Gasteiger partial charge in [-0.3, -0.25) is 4.79 Å². The Bertz CT molecular complexity index is 1240. The number of thiophene rings is 1. The molecule has 1 N–H and O–H groups in total. The van der Waals surface area contributed by atoms with Crippen LogP contribution in [0.25, 0.3) is 21.7 Å². The van der Waals surface area contributed by atoms with E-state index in [1.165, 1.54) is 23.1 Å². The fraction of sp³-hybridized carbons (Fsp3) is 0.263. The van der Waals surface area contributed by atoms with Crippen molar-refractivity contribution in [2.45, 2.75) is 24.8 Å². The monoisotopic (exact) mass is 430 g/mol. The molecule has 1 aromatic carbocycles. The number of methoxy groups -OCH3 is 2. The van der Waals surface area contributed by atoms with Crippen molar-refractivity contribution in [2.75, 3.05) is 14.2 Å². The van der Waals surface area contributed by atoms with Crippen LogP contribution in [0, 0.1) is 13.8 Å². The number of nitrogens with one attached hydrogen (secondary N) is 1. The Balaban J connectivity index is 1.53. The van der Waals surface area contributed by atoms with Crippen molar-refractivity contribution in [1.82, 2.24) is 20.2 Å². The van der Waals surface area contributed by atoms with Gasteiger partial charge in [0.1, 0.15) is 10.7 Å². The van der Waals surface area contributed by atoms with Crippen molar-refractivity contribution in [3.8, 4) is 23.0 Å². The van der Waals surface area contributed by atoms with Gasteiger partial charge < -0.3 is 18.9 Å². The summed E-state index contributed by atoms with van der Waals surface area (Å²) in [4.78, 5) is 21.6. The summed E-state index contributed by atoms with van der Waals surface area (Å²) < 4.78 is 16.3. The third kappa shape index (κ3) is 3.73. The molecule has 0 radical (unpaired) electrons. The third-order valence-corrected chi connectivity index (χ3v) is 6.39. The van der Waals surface area contributed by atoms with Gasteiger partial charge in [0, 0.05) is 10.4 Å². The summed E-state index contributed by atoms with van der Waals surface area (Å²) >= 11 is 2.83. The van der Waals surface area contributed by atoms with Crippen LogP contribution < -0.4 is 15.0 Å². The van der Waals surface area contributed by atoms with E-state index in [1.54, 1.807) is 26.4 Å². The quantitative estimate of drug-likeness (QED) is 0.459. The minimum atomic E-state index is -0.121. The zero-order valence-corrected chi connectivity index (χ0v) is 17.9. The van der Waals surface area contributed by atoms with Crippen molar-refractivity contribution in [3.05, 3.63) is 44.8 Å². The molecule has 0 bridgehead atoms. The highest BCUT2D eigenvalue weighted by molar-refractivity contribution is 7.98. The number of fused-ring (bicyclic) bond motifs is 1. The molecule has 0 atom stereocenters. The molecule has 3 heterocycles. The number of rotatable bonds is 6. The summed E-state index contributed by atoms with van der Waals surface area (Å²) in [6.07, 6.45) is 0. The van der Waals surface area contributed by atoms with Crippen LogP contribution in [0.15, 0.2) is 32.6 Å². The Hall–Kier alpha value is -2.85. The summed E-state index contributed by atoms with van der Waals surface area (Å²) in [7, 11) is 3.14. The predicted octanol–water partition coefficient (Wildman–Crippen LogP) is 3.96. The van der Waals surface area contributed by atoms with Gasteiger partial charge in [0.15, 0.2) is 11.5 Å². The Labute approximate surface area is 174 Å². The molecular weight excluding hydrogens is 412 g/mol. The lowest BCUT2D eigenvalue weighted by Gasteiger charge is -2.07. The first-order valence-corrected chi connectivity index (χ1v) is 10.5. The number of ether oxygens (including phenoxy) is 2. The smallest absolute Gasteiger partial charge is 0.277 e. The maximum Gasteiger partial charge on any atom is 0.277 e. The van der Waals surface area contributed by atoms with Gasteiger partial charge in [0.25, 0.3) is 10.8 Å². The lowest BCUT2D eigenvalue weighted by Crippen LogP contribution is -2.10. The lowest BCUT2D eigenvalue weighted by atomic mass is 10.2. The number of benzene rings is 1.